The molecule has 0 saturated heterocycles. The largest absolute Gasteiger partial charge is 0.465 e. The van der Waals surface area contributed by atoms with Crippen LogP contribution in [-0.2, 0) is 24.4 Å². The summed E-state index contributed by atoms with van der Waals surface area (Å²) in [5.41, 5.74) is -0.818. The number of Topliss-reactive ketones (excluding diaryl/α,β-unsaturated/α-hetero) is 1. The van der Waals surface area contributed by atoms with E-state index in [2.05, 4.69) is 0 Å². The third-order valence-corrected chi connectivity index (χ3v) is 6.68. The van der Waals surface area contributed by atoms with E-state index in [0.29, 0.717) is 19.3 Å². The second-order valence-corrected chi connectivity index (χ2v) is 8.95. The van der Waals surface area contributed by atoms with Crippen molar-refractivity contribution in [2.24, 2.45) is 23.2 Å². The molecule has 4 aliphatic rings. The normalized spacial score (nSPS) is 35.7. The molecule has 0 radical (unpaired) electrons. The topological polar surface area (TPSA) is 97.7 Å². The number of hydrogen-bond donors (Lipinski definition) is 1. The molecule has 4 saturated carbocycles. The van der Waals surface area contributed by atoms with Gasteiger partial charge in [0.05, 0.1) is 12.0 Å². The van der Waals surface area contributed by atoms with Crippen LogP contribution in [0.5, 0.6) is 0 Å². The van der Waals surface area contributed by atoms with Crippen molar-refractivity contribution in [2.45, 2.75) is 50.0 Å². The fourth-order valence-electron chi connectivity index (χ4n) is 4.73. The van der Waals surface area contributed by atoms with Crippen LogP contribution >= 0.6 is 0 Å². The Morgan fingerprint density at radius 3 is 2.36 bits per heavy atom. The molecule has 3 atom stereocenters. The van der Waals surface area contributed by atoms with Gasteiger partial charge in [-0.15, -0.1) is 0 Å². The predicted octanol–water partition coefficient (Wildman–Crippen LogP) is 2.13. The minimum Gasteiger partial charge on any atom is -0.465 e. The number of rotatable bonds is 6. The molecule has 0 aromatic heterocycles. The monoisotopic (exact) mass is 384 g/mol. The van der Waals surface area contributed by atoms with Crippen LogP contribution in [0.3, 0.4) is 0 Å². The number of carbonyl (C=O) groups excluding carboxylic acids is 2. The smallest absolute Gasteiger partial charge is 0.400 e. The molecule has 4 aliphatic carbocycles. The number of hydrogen-bond acceptors (Lipinski definition) is 5. The number of ether oxygens (including phenoxy) is 1. The summed E-state index contributed by atoms with van der Waals surface area (Å²) in [6.07, 6.45) is -1.39. The van der Waals surface area contributed by atoms with Gasteiger partial charge in [0.15, 0.2) is 6.17 Å². The highest BCUT2D eigenvalue weighted by molar-refractivity contribution is 7.86. The fourth-order valence-corrected chi connectivity index (χ4v) is 5.18. The van der Waals surface area contributed by atoms with Crippen LogP contribution in [0.15, 0.2) is 0 Å². The van der Waals surface area contributed by atoms with Gasteiger partial charge >= 0.3 is 21.3 Å². The summed E-state index contributed by atoms with van der Waals surface area (Å²) in [5, 5.41) is -4.95. The van der Waals surface area contributed by atoms with Crippen molar-refractivity contribution in [1.29, 1.82) is 0 Å². The summed E-state index contributed by atoms with van der Waals surface area (Å²) in [4.78, 5) is 24.5. The van der Waals surface area contributed by atoms with Gasteiger partial charge in [-0.2, -0.15) is 17.2 Å². The molecule has 4 bridgehead atoms. The summed E-state index contributed by atoms with van der Waals surface area (Å²) in [7, 11) is -5.88. The van der Waals surface area contributed by atoms with Gasteiger partial charge in [0.1, 0.15) is 5.78 Å². The number of alkyl halides is 3. The van der Waals surface area contributed by atoms with Gasteiger partial charge in [-0.3, -0.25) is 14.1 Å². The molecule has 4 fully saturated rings. The molecule has 25 heavy (non-hydrogen) atoms. The molecule has 1 N–H and O–H groups in total. The van der Waals surface area contributed by atoms with E-state index in [1.165, 1.54) is 0 Å². The van der Waals surface area contributed by atoms with Crippen LogP contribution in [0.1, 0.15) is 38.5 Å². The minimum atomic E-state index is -5.88. The molecule has 10 heteroatoms. The van der Waals surface area contributed by atoms with Crippen molar-refractivity contribution in [3.63, 3.8) is 0 Å². The van der Waals surface area contributed by atoms with E-state index in [9.17, 15) is 31.2 Å². The highest BCUT2D eigenvalue weighted by Gasteiger charge is 2.59. The van der Waals surface area contributed by atoms with Crippen LogP contribution in [-0.4, -0.2) is 42.8 Å². The van der Waals surface area contributed by atoms with E-state index in [-0.39, 0.29) is 23.5 Å². The van der Waals surface area contributed by atoms with Gasteiger partial charge in [-0.25, -0.2) is 4.39 Å². The molecular formula is C15H19F3O6S. The Hall–Kier alpha value is -1.16. The Labute approximate surface area is 142 Å². The average Bonchev–Trinajstić information content (AvgIpc) is 2.50. The molecule has 0 amide bonds. The lowest BCUT2D eigenvalue weighted by molar-refractivity contribution is -0.175. The van der Waals surface area contributed by atoms with Crippen molar-refractivity contribution in [3.05, 3.63) is 0 Å². The van der Waals surface area contributed by atoms with Crippen LogP contribution in [0.4, 0.5) is 13.2 Å². The Morgan fingerprint density at radius 2 is 1.84 bits per heavy atom. The Morgan fingerprint density at radius 1 is 1.28 bits per heavy atom. The summed E-state index contributed by atoms with van der Waals surface area (Å²) >= 11 is 0. The standard InChI is InChI=1S/C15H19F3O6S/c16-11(15(17,18)25(21,22)23)1-2-24-13(20)14-5-8-3-9(6-14)12(19)10(4-8)7-14/h8-11H,1-7H2,(H,21,22,23). The van der Waals surface area contributed by atoms with Gasteiger partial charge in [-0.1, -0.05) is 0 Å². The zero-order chi connectivity index (χ0) is 18.6. The maximum atomic E-state index is 13.4. The maximum Gasteiger partial charge on any atom is 0.400 e. The molecule has 6 nitrogen and oxygen atoms in total. The summed E-state index contributed by atoms with van der Waals surface area (Å²) in [6.45, 7) is -0.721. The minimum absolute atomic E-state index is 0.170. The van der Waals surface area contributed by atoms with Crippen LogP contribution in [0, 0.1) is 23.2 Å². The van der Waals surface area contributed by atoms with Crippen LogP contribution < -0.4 is 0 Å². The van der Waals surface area contributed by atoms with Gasteiger partial charge in [-0.05, 0) is 38.0 Å². The van der Waals surface area contributed by atoms with Crippen LogP contribution in [0.2, 0.25) is 0 Å². The number of ketones is 1. The molecular weight excluding hydrogens is 365 g/mol. The molecule has 142 valence electrons. The van der Waals surface area contributed by atoms with Crippen molar-refractivity contribution in [3.8, 4) is 0 Å². The van der Waals surface area contributed by atoms with Crippen molar-refractivity contribution in [2.75, 3.05) is 6.61 Å². The highest BCUT2D eigenvalue weighted by Crippen LogP contribution is 2.59. The van der Waals surface area contributed by atoms with Gasteiger partial charge in [0, 0.05) is 18.3 Å². The van der Waals surface area contributed by atoms with Gasteiger partial charge in [0.25, 0.3) is 0 Å². The number of carbonyl (C=O) groups is 2. The molecule has 0 aromatic rings. The molecule has 0 spiro atoms. The number of esters is 1. The summed E-state index contributed by atoms with van der Waals surface area (Å²) in [5.74, 6) is -0.536. The summed E-state index contributed by atoms with van der Waals surface area (Å²) < 4.78 is 73.9. The molecule has 3 unspecified atom stereocenters. The molecule has 4 rings (SSSR count). The second-order valence-electron chi connectivity index (χ2n) is 7.46. The van der Waals surface area contributed by atoms with Crippen molar-refractivity contribution >= 4 is 21.9 Å². The van der Waals surface area contributed by atoms with Gasteiger partial charge in [0.2, 0.25) is 0 Å². The highest BCUT2D eigenvalue weighted by atomic mass is 32.2. The van der Waals surface area contributed by atoms with E-state index in [4.69, 9.17) is 9.29 Å². The van der Waals surface area contributed by atoms with E-state index < -0.39 is 46.0 Å². The fraction of sp³-hybridized carbons (Fsp3) is 0.867. The average molecular weight is 384 g/mol. The predicted molar refractivity (Wildman–Crippen MR) is 78.0 cm³/mol. The SMILES string of the molecule is O=C1C2CC3CC1CC(C(=O)OCCC(F)C(F)(F)S(=O)(=O)O)(C3)C2. The van der Waals surface area contributed by atoms with E-state index in [1.807, 2.05) is 0 Å². The first-order valence-electron chi connectivity index (χ1n) is 8.16. The third-order valence-electron chi connectivity index (χ3n) is 5.74. The Kier molecular flexibility index (Phi) is 4.42. The van der Waals surface area contributed by atoms with E-state index in [1.54, 1.807) is 0 Å². The first-order valence-corrected chi connectivity index (χ1v) is 9.60. The zero-order valence-corrected chi connectivity index (χ0v) is 14.1. The number of halogens is 3. The van der Waals surface area contributed by atoms with Gasteiger partial charge < -0.3 is 4.74 Å². The first kappa shape index (κ1) is 18.6. The van der Waals surface area contributed by atoms with E-state index in [0.717, 1.165) is 12.8 Å². The zero-order valence-electron chi connectivity index (χ0n) is 13.3. The van der Waals surface area contributed by atoms with Crippen molar-refractivity contribution < 1.29 is 40.5 Å². The summed E-state index contributed by atoms with van der Waals surface area (Å²) in [6, 6.07) is 0. The maximum absolute atomic E-state index is 13.4. The molecule has 0 aliphatic heterocycles. The van der Waals surface area contributed by atoms with Crippen molar-refractivity contribution in [1.82, 2.24) is 0 Å². The first-order chi connectivity index (χ1) is 11.5. The lowest BCUT2D eigenvalue weighted by Crippen LogP contribution is -2.55. The lowest BCUT2D eigenvalue weighted by Gasteiger charge is -2.53. The van der Waals surface area contributed by atoms with Crippen LogP contribution in [0.25, 0.3) is 0 Å². The second kappa shape index (κ2) is 5.94. The molecule has 0 heterocycles. The Balaban J connectivity index is 1.58. The van der Waals surface area contributed by atoms with E-state index >= 15 is 0 Å². The lowest BCUT2D eigenvalue weighted by atomic mass is 9.49. The quantitative estimate of drug-likeness (QED) is 0.557. The third kappa shape index (κ3) is 3.07. The molecule has 0 aromatic carbocycles. The Bertz CT molecular complexity index is 673.